The zero-order chi connectivity index (χ0) is 11.8. The molecule has 0 saturated carbocycles. The lowest BCUT2D eigenvalue weighted by molar-refractivity contribution is 0.165. The molecule has 0 heterocycles. The molecule has 0 saturated heterocycles. The Morgan fingerprint density at radius 1 is 1.38 bits per heavy atom. The second-order valence-electron chi connectivity index (χ2n) is 3.53. The minimum atomic E-state index is -0.199. The molecule has 1 aromatic rings. The summed E-state index contributed by atoms with van der Waals surface area (Å²) < 4.78 is 5.00. The molecule has 1 aromatic carbocycles. The van der Waals surface area contributed by atoms with Gasteiger partial charge in [-0.3, -0.25) is 0 Å². The van der Waals surface area contributed by atoms with Crippen LogP contribution < -0.4 is 10.6 Å². The molecule has 4 heteroatoms. The van der Waals surface area contributed by atoms with Crippen molar-refractivity contribution in [2.24, 2.45) is 0 Å². The maximum absolute atomic E-state index is 11.6. The van der Waals surface area contributed by atoms with Crippen molar-refractivity contribution in [1.29, 1.82) is 0 Å². The van der Waals surface area contributed by atoms with E-state index in [1.807, 2.05) is 37.3 Å². The number of hydrogen-bond acceptors (Lipinski definition) is 2. The third-order valence-corrected chi connectivity index (χ3v) is 2.23. The van der Waals surface area contributed by atoms with Gasteiger partial charge in [-0.2, -0.15) is 0 Å². The van der Waals surface area contributed by atoms with Crippen LogP contribution in [0.5, 0.6) is 0 Å². The van der Waals surface area contributed by atoms with E-state index < -0.39 is 0 Å². The van der Waals surface area contributed by atoms with Gasteiger partial charge < -0.3 is 15.4 Å². The van der Waals surface area contributed by atoms with E-state index in [0.29, 0.717) is 6.61 Å². The van der Waals surface area contributed by atoms with E-state index in [1.165, 1.54) is 0 Å². The molecule has 4 nitrogen and oxygen atoms in total. The van der Waals surface area contributed by atoms with Crippen molar-refractivity contribution in [2.75, 3.05) is 19.0 Å². The predicted molar refractivity (Wildman–Crippen MR) is 64.6 cm³/mol. The molecule has 16 heavy (non-hydrogen) atoms. The zero-order valence-corrected chi connectivity index (χ0v) is 9.69. The smallest absolute Gasteiger partial charge is 0.319 e. The van der Waals surface area contributed by atoms with Gasteiger partial charge in [0.05, 0.1) is 12.6 Å². The average Bonchev–Trinajstić information content (AvgIpc) is 2.29. The first kappa shape index (κ1) is 12.5. The maximum atomic E-state index is 11.6. The van der Waals surface area contributed by atoms with E-state index in [-0.39, 0.29) is 12.1 Å². The van der Waals surface area contributed by atoms with Crippen molar-refractivity contribution in [3.8, 4) is 0 Å². The summed E-state index contributed by atoms with van der Waals surface area (Å²) in [6, 6.07) is 9.20. The van der Waals surface area contributed by atoms with Crippen LogP contribution in [0.15, 0.2) is 30.3 Å². The van der Waals surface area contributed by atoms with E-state index in [4.69, 9.17) is 4.74 Å². The standard InChI is InChI=1S/C12H18N2O2/c1-3-10(9-16-2)13-12(15)14-11-7-5-4-6-8-11/h4-8,10H,3,9H2,1-2H3,(H2,13,14,15)/t10-/m0/s1. The van der Waals surface area contributed by atoms with Crippen LogP contribution in [0.2, 0.25) is 0 Å². The summed E-state index contributed by atoms with van der Waals surface area (Å²) in [4.78, 5) is 11.6. The summed E-state index contributed by atoms with van der Waals surface area (Å²) in [5.41, 5.74) is 0.785. The lowest BCUT2D eigenvalue weighted by Crippen LogP contribution is -2.40. The largest absolute Gasteiger partial charge is 0.383 e. The molecule has 0 aliphatic rings. The maximum Gasteiger partial charge on any atom is 0.319 e. The van der Waals surface area contributed by atoms with Gasteiger partial charge in [0.2, 0.25) is 0 Å². The molecule has 0 unspecified atom stereocenters. The van der Waals surface area contributed by atoms with Crippen molar-refractivity contribution in [3.63, 3.8) is 0 Å². The monoisotopic (exact) mass is 222 g/mol. The van der Waals surface area contributed by atoms with Gasteiger partial charge in [0.25, 0.3) is 0 Å². The second kappa shape index (κ2) is 6.85. The van der Waals surface area contributed by atoms with Gasteiger partial charge in [0.15, 0.2) is 0 Å². The fourth-order valence-electron chi connectivity index (χ4n) is 1.34. The Bertz CT molecular complexity index is 314. The van der Waals surface area contributed by atoms with Gasteiger partial charge in [-0.1, -0.05) is 25.1 Å². The number of anilines is 1. The lowest BCUT2D eigenvalue weighted by Gasteiger charge is -2.16. The summed E-state index contributed by atoms with van der Waals surface area (Å²) >= 11 is 0. The summed E-state index contributed by atoms with van der Waals surface area (Å²) in [7, 11) is 1.62. The Hall–Kier alpha value is -1.55. The first-order valence-electron chi connectivity index (χ1n) is 5.37. The van der Waals surface area contributed by atoms with Crippen LogP contribution in [-0.4, -0.2) is 25.8 Å². The molecule has 0 fully saturated rings. The van der Waals surface area contributed by atoms with Crippen LogP contribution in [0.3, 0.4) is 0 Å². The van der Waals surface area contributed by atoms with Crippen molar-refractivity contribution < 1.29 is 9.53 Å². The van der Waals surface area contributed by atoms with Crippen molar-refractivity contribution >= 4 is 11.7 Å². The molecule has 2 amide bonds. The van der Waals surface area contributed by atoms with Crippen LogP contribution >= 0.6 is 0 Å². The first-order chi connectivity index (χ1) is 7.76. The van der Waals surface area contributed by atoms with E-state index >= 15 is 0 Å². The number of amides is 2. The molecule has 0 bridgehead atoms. The van der Waals surface area contributed by atoms with Gasteiger partial charge in [0.1, 0.15) is 0 Å². The molecular formula is C12H18N2O2. The zero-order valence-electron chi connectivity index (χ0n) is 9.69. The molecule has 1 atom stereocenters. The Morgan fingerprint density at radius 2 is 2.06 bits per heavy atom. The predicted octanol–water partition coefficient (Wildman–Crippen LogP) is 2.23. The number of urea groups is 1. The molecule has 0 aliphatic carbocycles. The molecular weight excluding hydrogens is 204 g/mol. The molecule has 0 radical (unpaired) electrons. The average molecular weight is 222 g/mol. The second-order valence-corrected chi connectivity index (χ2v) is 3.53. The highest BCUT2D eigenvalue weighted by Crippen LogP contribution is 2.04. The Balaban J connectivity index is 2.41. The topological polar surface area (TPSA) is 50.4 Å². The fourth-order valence-corrected chi connectivity index (χ4v) is 1.34. The highest BCUT2D eigenvalue weighted by molar-refractivity contribution is 5.89. The molecule has 2 N–H and O–H groups in total. The van der Waals surface area contributed by atoms with Crippen LogP contribution in [0.25, 0.3) is 0 Å². The van der Waals surface area contributed by atoms with Gasteiger partial charge in [-0.25, -0.2) is 4.79 Å². The van der Waals surface area contributed by atoms with Gasteiger partial charge in [-0.15, -0.1) is 0 Å². The molecule has 88 valence electrons. The summed E-state index contributed by atoms with van der Waals surface area (Å²) in [5.74, 6) is 0. The van der Waals surface area contributed by atoms with Crippen molar-refractivity contribution in [3.05, 3.63) is 30.3 Å². The fraction of sp³-hybridized carbons (Fsp3) is 0.417. The summed E-state index contributed by atoms with van der Waals surface area (Å²) in [5, 5.41) is 5.60. The molecule has 0 spiro atoms. The van der Waals surface area contributed by atoms with Crippen molar-refractivity contribution in [1.82, 2.24) is 5.32 Å². The van der Waals surface area contributed by atoms with Crippen LogP contribution in [0.4, 0.5) is 10.5 Å². The van der Waals surface area contributed by atoms with Crippen LogP contribution in [0, 0.1) is 0 Å². The Kier molecular flexibility index (Phi) is 5.36. The number of nitrogens with one attached hydrogen (secondary N) is 2. The van der Waals surface area contributed by atoms with E-state index in [9.17, 15) is 4.79 Å². The van der Waals surface area contributed by atoms with Crippen LogP contribution in [-0.2, 0) is 4.74 Å². The van der Waals surface area contributed by atoms with E-state index in [2.05, 4.69) is 10.6 Å². The number of hydrogen-bond donors (Lipinski definition) is 2. The van der Waals surface area contributed by atoms with E-state index in [1.54, 1.807) is 7.11 Å². The number of rotatable bonds is 5. The normalized spacial score (nSPS) is 11.9. The molecule has 1 rings (SSSR count). The number of ether oxygens (including phenoxy) is 1. The Morgan fingerprint density at radius 3 is 2.62 bits per heavy atom. The lowest BCUT2D eigenvalue weighted by atomic mass is 10.2. The van der Waals surface area contributed by atoms with E-state index in [0.717, 1.165) is 12.1 Å². The number of carbonyl (C=O) groups is 1. The van der Waals surface area contributed by atoms with Gasteiger partial charge in [0, 0.05) is 12.8 Å². The highest BCUT2D eigenvalue weighted by atomic mass is 16.5. The number of methoxy groups -OCH3 is 1. The first-order valence-corrected chi connectivity index (χ1v) is 5.37. The molecule has 0 aromatic heterocycles. The summed E-state index contributed by atoms with van der Waals surface area (Å²) in [6.45, 7) is 2.53. The quantitative estimate of drug-likeness (QED) is 0.802. The SMILES string of the molecule is CC[C@@H](COC)NC(=O)Nc1ccccc1. The number of benzene rings is 1. The van der Waals surface area contributed by atoms with Crippen LogP contribution in [0.1, 0.15) is 13.3 Å². The third-order valence-electron chi connectivity index (χ3n) is 2.23. The van der Waals surface area contributed by atoms with Gasteiger partial charge >= 0.3 is 6.03 Å². The minimum absolute atomic E-state index is 0.0497. The van der Waals surface area contributed by atoms with Gasteiger partial charge in [-0.05, 0) is 18.6 Å². The minimum Gasteiger partial charge on any atom is -0.383 e. The third kappa shape index (κ3) is 4.31. The number of carbonyl (C=O) groups excluding carboxylic acids is 1. The number of para-hydroxylation sites is 1. The Labute approximate surface area is 96.0 Å². The van der Waals surface area contributed by atoms with Crippen molar-refractivity contribution in [2.45, 2.75) is 19.4 Å². The highest BCUT2D eigenvalue weighted by Gasteiger charge is 2.09. The molecule has 0 aliphatic heterocycles. The summed E-state index contributed by atoms with van der Waals surface area (Å²) in [6.07, 6.45) is 0.843.